The number of nitrogens with zero attached hydrogens (tertiary/aromatic N) is 1. The quantitative estimate of drug-likeness (QED) is 0.841. The molecule has 3 amide bonds. The van der Waals surface area contributed by atoms with Gasteiger partial charge in [-0.2, -0.15) is 0 Å². The number of amides is 3. The van der Waals surface area contributed by atoms with Gasteiger partial charge in [0.2, 0.25) is 17.7 Å². The second-order valence-electron chi connectivity index (χ2n) is 8.65. The van der Waals surface area contributed by atoms with Gasteiger partial charge in [-0.3, -0.25) is 19.3 Å². The molecule has 0 aromatic heterocycles. The topological polar surface area (TPSA) is 66.5 Å². The molecule has 0 bridgehead atoms. The van der Waals surface area contributed by atoms with E-state index in [-0.39, 0.29) is 36.1 Å². The third-order valence-electron chi connectivity index (χ3n) is 5.61. The molecule has 2 aliphatic rings. The predicted octanol–water partition coefficient (Wildman–Crippen LogP) is 3.63. The summed E-state index contributed by atoms with van der Waals surface area (Å²) in [4.78, 5) is 38.9. The van der Waals surface area contributed by atoms with Gasteiger partial charge in [-0.25, -0.2) is 0 Å². The molecule has 0 radical (unpaired) electrons. The Morgan fingerprint density at radius 3 is 2.42 bits per heavy atom. The Kier molecular flexibility index (Phi) is 4.91. The van der Waals surface area contributed by atoms with Crippen LogP contribution in [-0.4, -0.2) is 29.2 Å². The Morgan fingerprint density at radius 1 is 1.12 bits per heavy atom. The van der Waals surface area contributed by atoms with Gasteiger partial charge in [0, 0.05) is 12.1 Å². The molecule has 1 aromatic rings. The molecule has 0 unspecified atom stereocenters. The number of carbonyl (C=O) groups excluding carboxylic acids is 3. The Balaban J connectivity index is 1.71. The molecule has 1 aromatic carbocycles. The van der Waals surface area contributed by atoms with Crippen molar-refractivity contribution in [3.05, 3.63) is 29.8 Å². The monoisotopic (exact) mass is 356 g/mol. The highest BCUT2D eigenvalue weighted by Crippen LogP contribution is 2.45. The van der Waals surface area contributed by atoms with Crippen LogP contribution in [0.2, 0.25) is 0 Å². The van der Waals surface area contributed by atoms with Gasteiger partial charge >= 0.3 is 0 Å². The molecule has 1 N–H and O–H groups in total. The number of hydrogen-bond acceptors (Lipinski definition) is 3. The fourth-order valence-electron chi connectivity index (χ4n) is 4.22. The minimum Gasteiger partial charge on any atom is -0.324 e. The highest BCUT2D eigenvalue weighted by atomic mass is 16.2. The number of benzene rings is 1. The predicted molar refractivity (Wildman–Crippen MR) is 101 cm³/mol. The standard InChI is InChI=1S/C21H28N2O3/c1-20(2,3)15-9-5-6-10-16(15)22-17(24)14-23-18(25)13-21(19(23)26)11-7-4-8-12-21/h5-6,9-10H,4,7-8,11-14H2,1-3H3,(H,22,24). The summed E-state index contributed by atoms with van der Waals surface area (Å²) in [7, 11) is 0. The van der Waals surface area contributed by atoms with Crippen molar-refractivity contribution in [1.82, 2.24) is 4.90 Å². The van der Waals surface area contributed by atoms with Gasteiger partial charge in [0.05, 0.1) is 5.41 Å². The van der Waals surface area contributed by atoms with Crippen molar-refractivity contribution < 1.29 is 14.4 Å². The van der Waals surface area contributed by atoms with Crippen LogP contribution in [-0.2, 0) is 19.8 Å². The average molecular weight is 356 g/mol. The SMILES string of the molecule is CC(C)(C)c1ccccc1NC(=O)CN1C(=O)CC2(CCCCC2)C1=O. The van der Waals surface area contributed by atoms with E-state index in [9.17, 15) is 14.4 Å². The molecule has 140 valence electrons. The van der Waals surface area contributed by atoms with Crippen LogP contribution >= 0.6 is 0 Å². The largest absolute Gasteiger partial charge is 0.324 e. The Labute approximate surface area is 155 Å². The number of nitrogens with one attached hydrogen (secondary N) is 1. The van der Waals surface area contributed by atoms with Crippen LogP contribution in [0.3, 0.4) is 0 Å². The summed E-state index contributed by atoms with van der Waals surface area (Å²) in [6.07, 6.45) is 4.88. The van der Waals surface area contributed by atoms with Crippen molar-refractivity contribution in [1.29, 1.82) is 0 Å². The first kappa shape index (κ1) is 18.6. The second kappa shape index (κ2) is 6.86. The fraction of sp³-hybridized carbons (Fsp3) is 0.571. The summed E-state index contributed by atoms with van der Waals surface area (Å²) >= 11 is 0. The molecule has 3 rings (SSSR count). The van der Waals surface area contributed by atoms with E-state index >= 15 is 0 Å². The van der Waals surface area contributed by atoms with E-state index in [2.05, 4.69) is 26.1 Å². The molecule has 5 heteroatoms. The smallest absolute Gasteiger partial charge is 0.244 e. The second-order valence-corrected chi connectivity index (χ2v) is 8.65. The molecule has 1 saturated heterocycles. The molecule has 1 saturated carbocycles. The molecule has 0 atom stereocenters. The van der Waals surface area contributed by atoms with Crippen LogP contribution < -0.4 is 5.32 Å². The first-order valence-electron chi connectivity index (χ1n) is 9.47. The van der Waals surface area contributed by atoms with Crippen LogP contribution in [0.15, 0.2) is 24.3 Å². The minimum atomic E-state index is -0.543. The van der Waals surface area contributed by atoms with Gasteiger partial charge in [0.25, 0.3) is 0 Å². The number of anilines is 1. The van der Waals surface area contributed by atoms with Crippen LogP contribution in [0.1, 0.15) is 64.9 Å². The van der Waals surface area contributed by atoms with Gasteiger partial charge in [-0.05, 0) is 29.9 Å². The van der Waals surface area contributed by atoms with Crippen molar-refractivity contribution >= 4 is 23.4 Å². The summed E-state index contributed by atoms with van der Waals surface area (Å²) in [6.45, 7) is 6.05. The van der Waals surface area contributed by atoms with Crippen molar-refractivity contribution in [2.24, 2.45) is 5.41 Å². The molecule has 1 heterocycles. The Morgan fingerprint density at radius 2 is 1.77 bits per heavy atom. The summed E-state index contributed by atoms with van der Waals surface area (Å²) in [5.41, 5.74) is 1.10. The maximum absolute atomic E-state index is 12.8. The molecule has 2 fully saturated rings. The molecule has 26 heavy (non-hydrogen) atoms. The van der Waals surface area contributed by atoms with Crippen molar-refractivity contribution in [2.45, 2.75) is 64.7 Å². The molecular formula is C21H28N2O3. The number of imide groups is 1. The lowest BCUT2D eigenvalue weighted by Crippen LogP contribution is -2.41. The van der Waals surface area contributed by atoms with E-state index < -0.39 is 5.41 Å². The van der Waals surface area contributed by atoms with Crippen LogP contribution in [0, 0.1) is 5.41 Å². The number of hydrogen-bond donors (Lipinski definition) is 1. The zero-order valence-electron chi connectivity index (χ0n) is 15.9. The van der Waals surface area contributed by atoms with Crippen LogP contribution in [0.4, 0.5) is 5.69 Å². The third-order valence-corrected chi connectivity index (χ3v) is 5.61. The maximum Gasteiger partial charge on any atom is 0.244 e. The van der Waals surface area contributed by atoms with E-state index in [1.807, 2.05) is 24.3 Å². The highest BCUT2D eigenvalue weighted by molar-refractivity contribution is 6.09. The van der Waals surface area contributed by atoms with Gasteiger partial charge in [-0.1, -0.05) is 58.2 Å². The zero-order chi connectivity index (χ0) is 18.9. The Bertz CT molecular complexity index is 727. The van der Waals surface area contributed by atoms with Gasteiger partial charge in [-0.15, -0.1) is 0 Å². The summed E-state index contributed by atoms with van der Waals surface area (Å²) in [5.74, 6) is -0.686. The lowest BCUT2D eigenvalue weighted by atomic mass is 9.73. The number of rotatable bonds is 3. The molecular weight excluding hydrogens is 328 g/mol. The van der Waals surface area contributed by atoms with Gasteiger partial charge in [0.1, 0.15) is 6.54 Å². The lowest BCUT2D eigenvalue weighted by molar-refractivity contribution is -0.144. The van der Waals surface area contributed by atoms with Crippen molar-refractivity contribution in [3.8, 4) is 0 Å². The van der Waals surface area contributed by atoms with E-state index in [0.717, 1.165) is 43.4 Å². The minimum absolute atomic E-state index is 0.116. The highest BCUT2D eigenvalue weighted by Gasteiger charge is 2.51. The number of para-hydroxylation sites is 1. The van der Waals surface area contributed by atoms with Crippen LogP contribution in [0.25, 0.3) is 0 Å². The Hall–Kier alpha value is -2.17. The van der Waals surface area contributed by atoms with Gasteiger partial charge in [0.15, 0.2) is 0 Å². The van der Waals surface area contributed by atoms with E-state index in [4.69, 9.17) is 0 Å². The van der Waals surface area contributed by atoms with Gasteiger partial charge < -0.3 is 5.32 Å². The normalized spacial score (nSPS) is 19.9. The summed E-state index contributed by atoms with van der Waals surface area (Å²) < 4.78 is 0. The van der Waals surface area contributed by atoms with Crippen molar-refractivity contribution in [3.63, 3.8) is 0 Å². The average Bonchev–Trinajstić information content (AvgIpc) is 2.79. The summed E-state index contributed by atoms with van der Waals surface area (Å²) in [6, 6.07) is 7.65. The first-order chi connectivity index (χ1) is 12.2. The molecule has 1 spiro atoms. The lowest BCUT2D eigenvalue weighted by Gasteiger charge is -2.30. The van der Waals surface area contributed by atoms with E-state index in [1.54, 1.807) is 0 Å². The van der Waals surface area contributed by atoms with Crippen molar-refractivity contribution in [2.75, 3.05) is 11.9 Å². The number of likely N-dealkylation sites (tertiary alicyclic amines) is 1. The molecule has 5 nitrogen and oxygen atoms in total. The summed E-state index contributed by atoms with van der Waals surface area (Å²) in [5, 5.41) is 2.89. The first-order valence-corrected chi connectivity index (χ1v) is 9.47. The molecule has 1 aliphatic heterocycles. The van der Waals surface area contributed by atoms with Crippen LogP contribution in [0.5, 0.6) is 0 Å². The van der Waals surface area contributed by atoms with E-state index in [1.165, 1.54) is 4.90 Å². The third kappa shape index (κ3) is 3.53. The molecule has 1 aliphatic carbocycles. The van der Waals surface area contributed by atoms with E-state index in [0.29, 0.717) is 0 Å². The number of carbonyl (C=O) groups is 3. The zero-order valence-corrected chi connectivity index (χ0v) is 15.9. The fourth-order valence-corrected chi connectivity index (χ4v) is 4.22. The maximum atomic E-state index is 12.8.